The molecule has 0 saturated heterocycles. The average Bonchev–Trinajstić information content (AvgIpc) is 3.26. The zero-order valence-electron chi connectivity index (χ0n) is 31.6. The van der Waals surface area contributed by atoms with Crippen LogP contribution in [-0.2, 0) is 19.3 Å². The van der Waals surface area contributed by atoms with Gasteiger partial charge >= 0.3 is 0 Å². The number of allylic oxidation sites excluding steroid dienone is 3. The number of hydrogen-bond donors (Lipinski definition) is 0. The highest BCUT2D eigenvalue weighted by atomic mass is 15.1. The lowest BCUT2D eigenvalue weighted by molar-refractivity contribution is 0.983. The van der Waals surface area contributed by atoms with E-state index in [1.165, 1.54) is 66.8 Å². The SMILES string of the molecule is C1=Cc2cc(N(c3ccc(/C=C/c4ccc(N(c5ccc6c(c5)CCC=C6)c5ccc6ccccc6c5)cc4)cc3)c3ccc4c(c3)C=CCC4)ccc2CC1. The quantitative estimate of drug-likeness (QED) is 0.144. The van der Waals surface area contributed by atoms with Gasteiger partial charge in [-0.25, -0.2) is 0 Å². The molecule has 0 aliphatic heterocycles. The summed E-state index contributed by atoms with van der Waals surface area (Å²) in [5.41, 5.74) is 17.6. The first-order valence-electron chi connectivity index (χ1n) is 20.1. The Morgan fingerprint density at radius 1 is 0.339 bits per heavy atom. The molecule has 0 unspecified atom stereocenters. The van der Waals surface area contributed by atoms with Crippen molar-refractivity contribution in [2.75, 3.05) is 9.80 Å². The van der Waals surface area contributed by atoms with Crippen LogP contribution in [0.3, 0.4) is 0 Å². The molecule has 7 aromatic carbocycles. The first-order valence-corrected chi connectivity index (χ1v) is 20.1. The summed E-state index contributed by atoms with van der Waals surface area (Å²) < 4.78 is 0. The first kappa shape index (κ1) is 33.9. The van der Waals surface area contributed by atoms with Gasteiger partial charge in [0, 0.05) is 34.1 Å². The largest absolute Gasteiger partial charge is 0.310 e. The monoisotopic (exact) mass is 720 g/mol. The van der Waals surface area contributed by atoms with Gasteiger partial charge in [0.25, 0.3) is 0 Å². The first-order chi connectivity index (χ1) is 27.7. The number of fused-ring (bicyclic) bond motifs is 4. The molecule has 0 spiro atoms. The Kier molecular flexibility index (Phi) is 9.01. The van der Waals surface area contributed by atoms with Gasteiger partial charge < -0.3 is 9.80 Å². The Labute approximate surface area is 330 Å². The fraction of sp³-hybridized carbons (Fsp3) is 0.111. The van der Waals surface area contributed by atoms with Crippen LogP contribution in [0, 0.1) is 0 Å². The maximum absolute atomic E-state index is 2.40. The normalized spacial score (nSPS) is 14.1. The Bertz CT molecular complexity index is 2630. The summed E-state index contributed by atoms with van der Waals surface area (Å²) >= 11 is 0. The third-order valence-electron chi connectivity index (χ3n) is 11.6. The van der Waals surface area contributed by atoms with Gasteiger partial charge in [0.2, 0.25) is 0 Å². The molecule has 0 aromatic heterocycles. The van der Waals surface area contributed by atoms with E-state index in [9.17, 15) is 0 Å². The molecule has 3 aliphatic carbocycles. The minimum Gasteiger partial charge on any atom is -0.310 e. The van der Waals surface area contributed by atoms with Crippen LogP contribution in [0.25, 0.3) is 41.2 Å². The predicted octanol–water partition coefficient (Wildman–Crippen LogP) is 14.8. The van der Waals surface area contributed by atoms with Crippen LogP contribution in [0.1, 0.15) is 63.8 Å². The summed E-state index contributed by atoms with van der Waals surface area (Å²) in [6, 6.07) is 54.1. The van der Waals surface area contributed by atoms with Gasteiger partial charge in [-0.05, 0) is 167 Å². The maximum Gasteiger partial charge on any atom is 0.0468 e. The molecule has 0 fully saturated rings. The Morgan fingerprint density at radius 2 is 0.786 bits per heavy atom. The molecule has 2 nitrogen and oxygen atoms in total. The average molecular weight is 721 g/mol. The zero-order valence-corrected chi connectivity index (χ0v) is 31.6. The van der Waals surface area contributed by atoms with Gasteiger partial charge in [0.15, 0.2) is 0 Å². The zero-order chi connectivity index (χ0) is 37.3. The highest BCUT2D eigenvalue weighted by Gasteiger charge is 2.18. The smallest absolute Gasteiger partial charge is 0.0468 e. The molecule has 7 aromatic rings. The predicted molar refractivity (Wildman–Crippen MR) is 241 cm³/mol. The Hall–Kier alpha value is -6.64. The lowest BCUT2D eigenvalue weighted by Crippen LogP contribution is -2.11. The molecule has 0 amide bonds. The highest BCUT2D eigenvalue weighted by Crippen LogP contribution is 2.40. The van der Waals surface area contributed by atoms with Gasteiger partial charge in [0.05, 0.1) is 0 Å². The molecular weight excluding hydrogens is 677 g/mol. The van der Waals surface area contributed by atoms with Gasteiger partial charge in [-0.3, -0.25) is 0 Å². The molecule has 270 valence electrons. The maximum atomic E-state index is 2.40. The van der Waals surface area contributed by atoms with E-state index in [0.29, 0.717) is 0 Å². The molecule has 10 rings (SSSR count). The fourth-order valence-electron chi connectivity index (χ4n) is 8.54. The van der Waals surface area contributed by atoms with Crippen molar-refractivity contribution in [3.63, 3.8) is 0 Å². The van der Waals surface area contributed by atoms with E-state index in [1.807, 2.05) is 0 Å². The van der Waals surface area contributed by atoms with E-state index in [1.54, 1.807) is 0 Å². The number of hydrogen-bond acceptors (Lipinski definition) is 2. The molecule has 0 radical (unpaired) electrons. The number of rotatable bonds is 8. The molecule has 0 atom stereocenters. The minimum absolute atomic E-state index is 1.07. The Morgan fingerprint density at radius 3 is 1.38 bits per heavy atom. The number of anilines is 6. The standard InChI is InChI=1S/C54H44N2/c1-5-13-45-35-51(31-23-41(45)9-1)55(52-32-24-42-10-2-6-14-46(42)36-52)49-27-19-39(20-28-49)17-18-40-21-29-50(30-22-40)56(53-33-25-43-11-3-7-15-47(43)37-53)54-34-26-44-12-4-8-16-48(44)38-54/h1-2,5,7-10,13,15-38H,3-4,6,11-12,14H2/b18-17+. The molecule has 0 saturated carbocycles. The van der Waals surface area contributed by atoms with Crippen molar-refractivity contribution in [2.45, 2.75) is 38.5 Å². The number of aryl methyl sites for hydroxylation is 3. The van der Waals surface area contributed by atoms with Crippen LogP contribution in [0.5, 0.6) is 0 Å². The van der Waals surface area contributed by atoms with Crippen LogP contribution in [0.2, 0.25) is 0 Å². The topological polar surface area (TPSA) is 6.48 Å². The second-order valence-corrected chi connectivity index (χ2v) is 15.2. The second kappa shape index (κ2) is 14.9. The van der Waals surface area contributed by atoms with Crippen LogP contribution >= 0.6 is 0 Å². The third kappa shape index (κ3) is 6.80. The minimum atomic E-state index is 1.07. The summed E-state index contributed by atoms with van der Waals surface area (Å²) in [6.07, 6.45) is 24.7. The molecule has 3 aliphatic rings. The molecule has 0 N–H and O–H groups in total. The molecule has 0 bridgehead atoms. The van der Waals surface area contributed by atoms with E-state index in [4.69, 9.17) is 0 Å². The van der Waals surface area contributed by atoms with Crippen molar-refractivity contribution >= 4 is 75.3 Å². The second-order valence-electron chi connectivity index (χ2n) is 15.2. The van der Waals surface area contributed by atoms with Crippen molar-refractivity contribution in [1.29, 1.82) is 0 Å². The lowest BCUT2D eigenvalue weighted by Gasteiger charge is -2.28. The summed E-state index contributed by atoms with van der Waals surface area (Å²) in [5.74, 6) is 0. The van der Waals surface area contributed by atoms with E-state index in [2.05, 4.69) is 204 Å². The van der Waals surface area contributed by atoms with Crippen molar-refractivity contribution < 1.29 is 0 Å². The molecule has 2 heteroatoms. The summed E-state index contributed by atoms with van der Waals surface area (Å²) in [4.78, 5) is 4.79. The summed E-state index contributed by atoms with van der Waals surface area (Å²) in [6.45, 7) is 0. The highest BCUT2D eigenvalue weighted by molar-refractivity contribution is 5.90. The van der Waals surface area contributed by atoms with Crippen LogP contribution in [0.4, 0.5) is 34.1 Å². The van der Waals surface area contributed by atoms with Gasteiger partial charge in [-0.1, -0.05) is 121 Å². The van der Waals surface area contributed by atoms with E-state index in [0.717, 1.165) is 61.2 Å². The van der Waals surface area contributed by atoms with E-state index in [-0.39, 0.29) is 0 Å². The third-order valence-corrected chi connectivity index (χ3v) is 11.6. The van der Waals surface area contributed by atoms with Crippen molar-refractivity contribution in [3.05, 3.63) is 208 Å². The molecule has 56 heavy (non-hydrogen) atoms. The van der Waals surface area contributed by atoms with Crippen LogP contribution < -0.4 is 9.80 Å². The van der Waals surface area contributed by atoms with Gasteiger partial charge in [-0.15, -0.1) is 0 Å². The Balaban J connectivity index is 0.938. The molecule has 0 heterocycles. The lowest BCUT2D eigenvalue weighted by atomic mass is 9.95. The molecular formula is C54H44N2. The van der Waals surface area contributed by atoms with E-state index < -0.39 is 0 Å². The van der Waals surface area contributed by atoms with Crippen molar-refractivity contribution in [2.24, 2.45) is 0 Å². The van der Waals surface area contributed by atoms with Gasteiger partial charge in [-0.2, -0.15) is 0 Å². The van der Waals surface area contributed by atoms with Crippen molar-refractivity contribution in [1.82, 2.24) is 0 Å². The van der Waals surface area contributed by atoms with Gasteiger partial charge in [0.1, 0.15) is 0 Å². The fourth-order valence-corrected chi connectivity index (χ4v) is 8.54. The number of nitrogens with zero attached hydrogens (tertiary/aromatic N) is 2. The van der Waals surface area contributed by atoms with Crippen molar-refractivity contribution in [3.8, 4) is 0 Å². The van der Waals surface area contributed by atoms with Crippen LogP contribution in [0.15, 0.2) is 164 Å². The van der Waals surface area contributed by atoms with E-state index >= 15 is 0 Å². The summed E-state index contributed by atoms with van der Waals surface area (Å²) in [7, 11) is 0. The number of benzene rings is 7. The van der Waals surface area contributed by atoms with Crippen LogP contribution in [-0.4, -0.2) is 0 Å². The summed E-state index contributed by atoms with van der Waals surface area (Å²) in [5, 5.41) is 2.49.